The second kappa shape index (κ2) is 6.06. The maximum atomic E-state index is 5.58. The molecule has 0 radical (unpaired) electrons. The van der Waals surface area contributed by atoms with Crippen LogP contribution in [0.2, 0.25) is 0 Å². The van der Waals surface area contributed by atoms with Crippen LogP contribution in [-0.2, 0) is 13.1 Å². The van der Waals surface area contributed by atoms with Crippen molar-refractivity contribution >= 4 is 0 Å². The first-order valence-electron chi connectivity index (χ1n) is 7.81. The van der Waals surface area contributed by atoms with Crippen molar-refractivity contribution in [3.05, 3.63) is 18.2 Å². The molecule has 1 aromatic rings. The first-order valence-corrected chi connectivity index (χ1v) is 7.81. The van der Waals surface area contributed by atoms with Crippen LogP contribution in [0.3, 0.4) is 0 Å². The molecule has 0 spiro atoms. The third-order valence-electron chi connectivity index (χ3n) is 4.80. The molecule has 2 aliphatic rings. The Kier molecular flexibility index (Phi) is 4.18. The molecule has 1 aliphatic carbocycles. The van der Waals surface area contributed by atoms with Gasteiger partial charge < -0.3 is 10.3 Å². The SMILES string of the molecule is NCCn1cnc(CN2CCCC3CCCCC32)c1. The largest absolute Gasteiger partial charge is 0.336 e. The molecule has 2 unspecified atom stereocenters. The predicted octanol–water partition coefficient (Wildman–Crippen LogP) is 2.00. The van der Waals surface area contributed by atoms with Gasteiger partial charge in [0.25, 0.3) is 0 Å². The van der Waals surface area contributed by atoms with Gasteiger partial charge in [0.2, 0.25) is 0 Å². The molecule has 4 nitrogen and oxygen atoms in total. The molecule has 2 heterocycles. The number of nitrogens with zero attached hydrogens (tertiary/aromatic N) is 3. The predicted molar refractivity (Wildman–Crippen MR) is 76.7 cm³/mol. The van der Waals surface area contributed by atoms with E-state index in [0.29, 0.717) is 6.54 Å². The Hall–Kier alpha value is -0.870. The van der Waals surface area contributed by atoms with Crippen LogP contribution in [0.1, 0.15) is 44.2 Å². The minimum absolute atomic E-state index is 0.685. The molecule has 2 atom stereocenters. The van der Waals surface area contributed by atoms with Crippen LogP contribution in [0.4, 0.5) is 0 Å². The van der Waals surface area contributed by atoms with Gasteiger partial charge in [-0.15, -0.1) is 0 Å². The summed E-state index contributed by atoms with van der Waals surface area (Å²) in [6, 6.07) is 0.821. The normalized spacial score (nSPS) is 28.3. The van der Waals surface area contributed by atoms with Crippen molar-refractivity contribution in [3.63, 3.8) is 0 Å². The average Bonchev–Trinajstić information content (AvgIpc) is 2.87. The molecule has 106 valence electrons. The van der Waals surface area contributed by atoms with E-state index in [1.807, 2.05) is 6.33 Å². The van der Waals surface area contributed by atoms with Crippen LogP contribution >= 0.6 is 0 Å². The number of hydrogen-bond acceptors (Lipinski definition) is 3. The lowest BCUT2D eigenvalue weighted by Crippen LogP contribution is -2.46. The van der Waals surface area contributed by atoms with Crippen molar-refractivity contribution in [1.29, 1.82) is 0 Å². The van der Waals surface area contributed by atoms with Gasteiger partial charge in [-0.1, -0.05) is 12.8 Å². The molecule has 2 fully saturated rings. The Morgan fingerprint density at radius 1 is 1.21 bits per heavy atom. The molecule has 1 saturated carbocycles. The Bertz CT molecular complexity index is 399. The maximum absolute atomic E-state index is 5.58. The fraction of sp³-hybridized carbons (Fsp3) is 0.800. The third kappa shape index (κ3) is 3.00. The molecular formula is C15H26N4. The molecule has 1 aliphatic heterocycles. The minimum atomic E-state index is 0.685. The third-order valence-corrected chi connectivity index (χ3v) is 4.80. The van der Waals surface area contributed by atoms with E-state index < -0.39 is 0 Å². The summed E-state index contributed by atoms with van der Waals surface area (Å²) in [5, 5.41) is 0. The Labute approximate surface area is 116 Å². The highest BCUT2D eigenvalue weighted by Gasteiger charge is 2.33. The van der Waals surface area contributed by atoms with Crippen LogP contribution in [-0.4, -0.2) is 33.6 Å². The zero-order valence-corrected chi connectivity index (χ0v) is 11.8. The molecule has 3 rings (SSSR count). The van der Waals surface area contributed by atoms with Crippen LogP contribution < -0.4 is 5.73 Å². The molecule has 19 heavy (non-hydrogen) atoms. The van der Waals surface area contributed by atoms with Crippen LogP contribution in [0, 0.1) is 5.92 Å². The van der Waals surface area contributed by atoms with Crippen molar-refractivity contribution in [2.24, 2.45) is 11.7 Å². The first-order chi connectivity index (χ1) is 9.36. The second-order valence-corrected chi connectivity index (χ2v) is 6.12. The summed E-state index contributed by atoms with van der Waals surface area (Å²) in [4.78, 5) is 7.22. The van der Waals surface area contributed by atoms with Crippen molar-refractivity contribution in [3.8, 4) is 0 Å². The molecular weight excluding hydrogens is 236 g/mol. The Balaban J connectivity index is 1.63. The highest BCUT2D eigenvalue weighted by atomic mass is 15.2. The van der Waals surface area contributed by atoms with Crippen LogP contribution in [0.5, 0.6) is 0 Å². The van der Waals surface area contributed by atoms with Crippen molar-refractivity contribution in [1.82, 2.24) is 14.5 Å². The monoisotopic (exact) mass is 262 g/mol. The zero-order valence-electron chi connectivity index (χ0n) is 11.8. The first kappa shape index (κ1) is 13.1. The Morgan fingerprint density at radius 3 is 2.95 bits per heavy atom. The van der Waals surface area contributed by atoms with E-state index in [0.717, 1.165) is 25.0 Å². The maximum Gasteiger partial charge on any atom is 0.0950 e. The Morgan fingerprint density at radius 2 is 2.05 bits per heavy atom. The number of aromatic nitrogens is 2. The summed E-state index contributed by atoms with van der Waals surface area (Å²) >= 11 is 0. The minimum Gasteiger partial charge on any atom is -0.336 e. The number of imidazole rings is 1. The van der Waals surface area contributed by atoms with E-state index in [2.05, 4.69) is 20.6 Å². The van der Waals surface area contributed by atoms with Gasteiger partial charge in [0.05, 0.1) is 12.0 Å². The number of nitrogens with two attached hydrogens (primary N) is 1. The lowest BCUT2D eigenvalue weighted by atomic mass is 9.78. The highest BCUT2D eigenvalue weighted by Crippen LogP contribution is 2.35. The van der Waals surface area contributed by atoms with Gasteiger partial charge in [-0.25, -0.2) is 4.98 Å². The summed E-state index contributed by atoms with van der Waals surface area (Å²) in [7, 11) is 0. The van der Waals surface area contributed by atoms with E-state index in [-0.39, 0.29) is 0 Å². The molecule has 0 bridgehead atoms. The second-order valence-electron chi connectivity index (χ2n) is 6.12. The van der Waals surface area contributed by atoms with Crippen LogP contribution in [0.25, 0.3) is 0 Å². The highest BCUT2D eigenvalue weighted by molar-refractivity contribution is 4.99. The lowest BCUT2D eigenvalue weighted by molar-refractivity contribution is 0.0538. The van der Waals surface area contributed by atoms with Gasteiger partial charge in [-0.05, 0) is 38.1 Å². The fourth-order valence-corrected chi connectivity index (χ4v) is 3.89. The van der Waals surface area contributed by atoms with Crippen molar-refractivity contribution < 1.29 is 0 Å². The summed E-state index contributed by atoms with van der Waals surface area (Å²) in [5.41, 5.74) is 6.79. The van der Waals surface area contributed by atoms with Gasteiger partial charge in [-0.2, -0.15) is 0 Å². The number of hydrogen-bond donors (Lipinski definition) is 1. The topological polar surface area (TPSA) is 47.1 Å². The number of rotatable bonds is 4. The molecule has 1 saturated heterocycles. The summed E-state index contributed by atoms with van der Waals surface area (Å²) in [5.74, 6) is 0.952. The number of piperidine rings is 1. The van der Waals surface area contributed by atoms with Crippen molar-refractivity contribution in [2.45, 2.75) is 57.7 Å². The van der Waals surface area contributed by atoms with E-state index in [4.69, 9.17) is 5.73 Å². The molecule has 0 amide bonds. The molecule has 1 aromatic heterocycles. The molecule has 0 aromatic carbocycles. The van der Waals surface area contributed by atoms with Gasteiger partial charge in [0, 0.05) is 31.9 Å². The van der Waals surface area contributed by atoms with Crippen LogP contribution in [0.15, 0.2) is 12.5 Å². The number of likely N-dealkylation sites (tertiary alicyclic amines) is 1. The van der Waals surface area contributed by atoms with E-state index in [1.54, 1.807) is 0 Å². The smallest absolute Gasteiger partial charge is 0.0950 e. The van der Waals surface area contributed by atoms with Crippen molar-refractivity contribution in [2.75, 3.05) is 13.1 Å². The standard InChI is InChI=1S/C15H26N4/c16-7-9-18-10-14(17-12-18)11-19-8-3-5-13-4-1-2-6-15(13)19/h10,12-13,15H,1-9,11,16H2. The van der Waals surface area contributed by atoms with Gasteiger partial charge >= 0.3 is 0 Å². The van der Waals surface area contributed by atoms with Gasteiger partial charge in [0.15, 0.2) is 0 Å². The lowest BCUT2D eigenvalue weighted by Gasteiger charge is -2.43. The number of fused-ring (bicyclic) bond motifs is 1. The fourth-order valence-electron chi connectivity index (χ4n) is 3.89. The quantitative estimate of drug-likeness (QED) is 0.903. The summed E-state index contributed by atoms with van der Waals surface area (Å²) in [6.07, 6.45) is 12.6. The van der Waals surface area contributed by atoms with Gasteiger partial charge in [-0.3, -0.25) is 4.90 Å². The summed E-state index contributed by atoms with van der Waals surface area (Å²) in [6.45, 7) is 3.84. The average molecular weight is 262 g/mol. The van der Waals surface area contributed by atoms with Gasteiger partial charge in [0.1, 0.15) is 0 Å². The van der Waals surface area contributed by atoms with E-state index >= 15 is 0 Å². The van der Waals surface area contributed by atoms with E-state index in [9.17, 15) is 0 Å². The molecule has 4 heteroatoms. The summed E-state index contributed by atoms with van der Waals surface area (Å²) < 4.78 is 2.11. The zero-order chi connectivity index (χ0) is 13.1. The molecule has 2 N–H and O–H groups in total. The van der Waals surface area contributed by atoms with E-state index in [1.165, 1.54) is 50.8 Å².